The summed E-state index contributed by atoms with van der Waals surface area (Å²) in [6.07, 6.45) is 4.92. The molecule has 1 aromatic rings. The van der Waals surface area contributed by atoms with Gasteiger partial charge >= 0.3 is 0 Å². The Morgan fingerprint density at radius 1 is 1.59 bits per heavy atom. The minimum Gasteiger partial charge on any atom is -0.379 e. The molecule has 1 aromatic heterocycles. The van der Waals surface area contributed by atoms with Crippen molar-refractivity contribution in [3.8, 4) is 0 Å². The summed E-state index contributed by atoms with van der Waals surface area (Å²) in [6, 6.07) is 0.200. The Balaban J connectivity index is 2.19. The van der Waals surface area contributed by atoms with Crippen LogP contribution in [0.2, 0.25) is 5.02 Å². The Kier molecular flexibility index (Phi) is 3.69. The molecule has 1 aliphatic carbocycles. The van der Waals surface area contributed by atoms with Gasteiger partial charge in [-0.05, 0) is 19.3 Å². The number of anilines is 1. The van der Waals surface area contributed by atoms with Crippen molar-refractivity contribution in [1.29, 1.82) is 0 Å². The molecule has 6 heteroatoms. The Morgan fingerprint density at radius 3 is 3.06 bits per heavy atom. The van der Waals surface area contributed by atoms with Crippen LogP contribution in [0.5, 0.6) is 0 Å². The molecule has 2 unspecified atom stereocenters. The lowest BCUT2D eigenvalue weighted by Gasteiger charge is -2.21. The summed E-state index contributed by atoms with van der Waals surface area (Å²) in [7, 11) is 3.28. The van der Waals surface area contributed by atoms with E-state index in [1.807, 2.05) is 0 Å². The van der Waals surface area contributed by atoms with Gasteiger partial charge in [-0.25, -0.2) is 4.68 Å². The number of aromatic nitrogens is 2. The second-order valence-corrected chi connectivity index (χ2v) is 4.63. The molecule has 0 radical (unpaired) electrons. The van der Waals surface area contributed by atoms with Crippen LogP contribution in [0.3, 0.4) is 0 Å². The Bertz CT molecular complexity index is 461. The molecule has 0 saturated heterocycles. The van der Waals surface area contributed by atoms with Gasteiger partial charge in [-0.15, -0.1) is 0 Å². The van der Waals surface area contributed by atoms with Gasteiger partial charge in [0.25, 0.3) is 5.56 Å². The monoisotopic (exact) mass is 257 g/mol. The molecule has 1 fully saturated rings. The molecule has 5 nitrogen and oxygen atoms in total. The molecule has 17 heavy (non-hydrogen) atoms. The molecule has 0 spiro atoms. The van der Waals surface area contributed by atoms with Gasteiger partial charge in [0.1, 0.15) is 5.02 Å². The number of nitrogens with zero attached hydrogens (tertiary/aromatic N) is 2. The predicted molar refractivity (Wildman–Crippen MR) is 66.5 cm³/mol. The van der Waals surface area contributed by atoms with Gasteiger partial charge in [0, 0.05) is 14.2 Å². The summed E-state index contributed by atoms with van der Waals surface area (Å²) in [6.45, 7) is 0. The molecule has 1 N–H and O–H groups in total. The minimum absolute atomic E-state index is 0.176. The van der Waals surface area contributed by atoms with Crippen LogP contribution < -0.4 is 10.9 Å². The smallest absolute Gasteiger partial charge is 0.287 e. The molecular formula is C11H16ClN3O2. The largest absolute Gasteiger partial charge is 0.379 e. The van der Waals surface area contributed by atoms with Gasteiger partial charge in [-0.2, -0.15) is 5.10 Å². The summed E-state index contributed by atoms with van der Waals surface area (Å²) in [5, 5.41) is 7.38. The molecular weight excluding hydrogens is 242 g/mol. The van der Waals surface area contributed by atoms with E-state index in [4.69, 9.17) is 16.3 Å². The van der Waals surface area contributed by atoms with Crippen LogP contribution in [0.4, 0.5) is 5.69 Å². The van der Waals surface area contributed by atoms with Crippen LogP contribution in [0.25, 0.3) is 0 Å². The number of ether oxygens (including phenoxy) is 1. The summed E-state index contributed by atoms with van der Waals surface area (Å²) < 4.78 is 6.60. The van der Waals surface area contributed by atoms with E-state index in [1.54, 1.807) is 20.4 Å². The third kappa shape index (κ3) is 2.45. The topological polar surface area (TPSA) is 56.1 Å². The lowest BCUT2D eigenvalue weighted by molar-refractivity contribution is 0.101. The molecule has 0 amide bonds. The number of halogens is 1. The van der Waals surface area contributed by atoms with E-state index >= 15 is 0 Å². The number of aryl methyl sites for hydroxylation is 1. The SMILES string of the molecule is COC1CCCC1Nc1cnn(C)c(=O)c1Cl. The normalized spacial score (nSPS) is 23.9. The van der Waals surface area contributed by atoms with E-state index in [-0.39, 0.29) is 22.7 Å². The van der Waals surface area contributed by atoms with Gasteiger partial charge < -0.3 is 10.1 Å². The van der Waals surface area contributed by atoms with Gasteiger partial charge in [0.2, 0.25) is 0 Å². The first-order valence-electron chi connectivity index (χ1n) is 5.64. The van der Waals surface area contributed by atoms with Crippen molar-refractivity contribution in [2.24, 2.45) is 7.05 Å². The predicted octanol–water partition coefficient (Wildman–Crippen LogP) is 1.41. The van der Waals surface area contributed by atoms with Gasteiger partial charge in [0.05, 0.1) is 24.0 Å². The zero-order chi connectivity index (χ0) is 12.4. The highest BCUT2D eigenvalue weighted by Gasteiger charge is 2.27. The van der Waals surface area contributed by atoms with Crippen molar-refractivity contribution in [2.45, 2.75) is 31.4 Å². The highest BCUT2D eigenvalue weighted by atomic mass is 35.5. The maximum Gasteiger partial charge on any atom is 0.287 e. The quantitative estimate of drug-likeness (QED) is 0.890. The van der Waals surface area contributed by atoms with E-state index in [0.29, 0.717) is 5.69 Å². The first kappa shape index (κ1) is 12.4. The average Bonchev–Trinajstić information content (AvgIpc) is 2.77. The molecule has 2 atom stereocenters. The molecule has 1 heterocycles. The van der Waals surface area contributed by atoms with Crippen LogP contribution in [0.15, 0.2) is 11.0 Å². The molecule has 0 bridgehead atoms. The van der Waals surface area contributed by atoms with Crippen LogP contribution in [-0.2, 0) is 11.8 Å². The summed E-state index contributed by atoms with van der Waals surface area (Å²) in [4.78, 5) is 11.6. The van der Waals surface area contributed by atoms with Gasteiger partial charge in [-0.1, -0.05) is 11.6 Å². The van der Waals surface area contributed by atoms with Crippen molar-refractivity contribution in [3.05, 3.63) is 21.6 Å². The maximum absolute atomic E-state index is 11.6. The fourth-order valence-electron chi connectivity index (χ4n) is 2.18. The first-order valence-corrected chi connectivity index (χ1v) is 6.02. The third-order valence-corrected chi connectivity index (χ3v) is 3.54. The third-order valence-electron chi connectivity index (χ3n) is 3.17. The Labute approximate surface area is 105 Å². The second kappa shape index (κ2) is 5.06. The molecule has 2 rings (SSSR count). The summed E-state index contributed by atoms with van der Waals surface area (Å²) in [5.74, 6) is 0. The van der Waals surface area contributed by atoms with Gasteiger partial charge in [-0.3, -0.25) is 4.79 Å². The summed E-state index contributed by atoms with van der Waals surface area (Å²) in [5.41, 5.74) is 0.298. The van der Waals surface area contributed by atoms with E-state index in [1.165, 1.54) is 4.68 Å². The number of nitrogens with one attached hydrogen (secondary N) is 1. The van der Waals surface area contributed by atoms with Crippen LogP contribution in [0, 0.1) is 0 Å². The highest BCUT2D eigenvalue weighted by Crippen LogP contribution is 2.26. The number of rotatable bonds is 3. The standard InChI is InChI=1S/C11H16ClN3O2/c1-15-11(16)10(12)8(6-13-15)14-7-4-3-5-9(7)17-2/h6-7,9,14H,3-5H2,1-2H3. The van der Waals surface area contributed by atoms with E-state index in [0.717, 1.165) is 19.3 Å². The van der Waals surface area contributed by atoms with Crippen molar-refractivity contribution in [2.75, 3.05) is 12.4 Å². The van der Waals surface area contributed by atoms with E-state index in [2.05, 4.69) is 10.4 Å². The van der Waals surface area contributed by atoms with E-state index < -0.39 is 0 Å². The van der Waals surface area contributed by atoms with Gasteiger partial charge in [0.15, 0.2) is 0 Å². The van der Waals surface area contributed by atoms with Crippen LogP contribution in [-0.4, -0.2) is 29.0 Å². The highest BCUT2D eigenvalue weighted by molar-refractivity contribution is 6.32. The summed E-state index contributed by atoms with van der Waals surface area (Å²) >= 11 is 5.99. The fourth-order valence-corrected chi connectivity index (χ4v) is 2.41. The van der Waals surface area contributed by atoms with E-state index in [9.17, 15) is 4.79 Å². The fraction of sp³-hybridized carbons (Fsp3) is 0.636. The minimum atomic E-state index is -0.288. The van der Waals surface area contributed by atoms with Crippen molar-refractivity contribution < 1.29 is 4.74 Å². The van der Waals surface area contributed by atoms with Crippen molar-refractivity contribution in [1.82, 2.24) is 9.78 Å². The number of methoxy groups -OCH3 is 1. The maximum atomic E-state index is 11.6. The molecule has 1 aliphatic rings. The van der Waals surface area contributed by atoms with Crippen molar-refractivity contribution in [3.63, 3.8) is 0 Å². The first-order chi connectivity index (χ1) is 8.13. The molecule has 0 aromatic carbocycles. The molecule has 0 aliphatic heterocycles. The lowest BCUT2D eigenvalue weighted by atomic mass is 10.2. The Morgan fingerprint density at radius 2 is 2.35 bits per heavy atom. The van der Waals surface area contributed by atoms with Crippen molar-refractivity contribution >= 4 is 17.3 Å². The lowest BCUT2D eigenvalue weighted by Crippen LogP contribution is -2.31. The zero-order valence-corrected chi connectivity index (χ0v) is 10.7. The Hall–Kier alpha value is -1.07. The second-order valence-electron chi connectivity index (χ2n) is 4.26. The zero-order valence-electron chi connectivity index (χ0n) is 9.94. The molecule has 1 saturated carbocycles. The number of hydrogen-bond acceptors (Lipinski definition) is 4. The average molecular weight is 258 g/mol. The molecule has 94 valence electrons. The van der Waals surface area contributed by atoms with Crippen LogP contribution in [0.1, 0.15) is 19.3 Å². The van der Waals surface area contributed by atoms with Crippen LogP contribution >= 0.6 is 11.6 Å². The number of hydrogen-bond donors (Lipinski definition) is 1.